The summed E-state index contributed by atoms with van der Waals surface area (Å²) in [7, 11) is 0. The number of amides is 1. The van der Waals surface area contributed by atoms with Crippen LogP contribution in [0.15, 0.2) is 60.8 Å². The van der Waals surface area contributed by atoms with Crippen molar-refractivity contribution in [3.05, 3.63) is 60.8 Å². The van der Waals surface area contributed by atoms with Crippen LogP contribution in [0.25, 0.3) is 0 Å². The largest absolute Gasteiger partial charge is 0.478 e. The monoisotopic (exact) mass is 452 g/mol. The molecule has 0 saturated heterocycles. The number of aliphatic hydroxyl groups excluding tert-OH is 1. The summed E-state index contributed by atoms with van der Waals surface area (Å²) in [5, 5.41) is 32.5. The second-order valence-electron chi connectivity index (χ2n) is 5.69. The molecule has 10 nitrogen and oxygen atoms in total. The van der Waals surface area contributed by atoms with E-state index in [9.17, 15) is 19.2 Å². The van der Waals surface area contributed by atoms with E-state index in [0.29, 0.717) is 12.0 Å². The van der Waals surface area contributed by atoms with Crippen molar-refractivity contribution in [1.82, 2.24) is 0 Å². The number of carbonyl (C=O) groups excluding carboxylic acids is 2. The number of esters is 1. The van der Waals surface area contributed by atoms with Crippen LogP contribution in [-0.2, 0) is 23.9 Å². The van der Waals surface area contributed by atoms with Crippen molar-refractivity contribution in [3.63, 3.8) is 0 Å². The predicted octanol–water partition coefficient (Wildman–Crippen LogP) is 2.28. The molecule has 0 unspecified atom stereocenters. The Kier molecular flexibility index (Phi) is 25.8. The van der Waals surface area contributed by atoms with Gasteiger partial charge in [-0.2, -0.15) is 5.26 Å². The molecule has 0 aromatic heterocycles. The van der Waals surface area contributed by atoms with E-state index in [2.05, 4.69) is 31.1 Å². The Morgan fingerprint density at radius 1 is 1.00 bits per heavy atom. The maximum Gasteiger partial charge on any atom is 0.333 e. The number of hydrogen-bond acceptors (Lipinski definition) is 7. The summed E-state index contributed by atoms with van der Waals surface area (Å²) in [4.78, 5) is 40.2. The van der Waals surface area contributed by atoms with E-state index in [4.69, 9.17) is 26.3 Å². The highest BCUT2D eigenvalue weighted by Gasteiger charge is 2.05. The van der Waals surface area contributed by atoms with Crippen LogP contribution < -0.4 is 5.73 Å². The third-order valence-electron chi connectivity index (χ3n) is 2.68. The normalized spacial score (nSPS) is 8.47. The van der Waals surface area contributed by atoms with Crippen molar-refractivity contribution in [2.24, 2.45) is 5.73 Å². The van der Waals surface area contributed by atoms with Crippen LogP contribution in [0.4, 0.5) is 0 Å². The first-order chi connectivity index (χ1) is 14.7. The Morgan fingerprint density at radius 2 is 1.44 bits per heavy atom. The molecule has 0 fully saturated rings. The number of aliphatic hydroxyl groups is 1. The highest BCUT2D eigenvalue weighted by Crippen LogP contribution is 2.01. The first kappa shape index (κ1) is 35.5. The molecule has 0 rings (SSSR count). The molecule has 1 amide bonds. The summed E-state index contributed by atoms with van der Waals surface area (Å²) in [6.07, 6.45) is 3.60. The Balaban J connectivity index is -0.000000176. The number of hydrogen-bond donors (Lipinski definition) is 4. The van der Waals surface area contributed by atoms with Crippen molar-refractivity contribution in [2.45, 2.75) is 33.6 Å². The lowest BCUT2D eigenvalue weighted by atomic mass is 10.2. The third kappa shape index (κ3) is 30.7. The second kappa shape index (κ2) is 23.3. The van der Waals surface area contributed by atoms with Crippen molar-refractivity contribution in [2.75, 3.05) is 13.2 Å². The van der Waals surface area contributed by atoms with Gasteiger partial charge < -0.3 is 25.8 Å². The highest BCUT2D eigenvalue weighted by atomic mass is 16.5. The van der Waals surface area contributed by atoms with Gasteiger partial charge in [-0.05, 0) is 26.7 Å². The van der Waals surface area contributed by atoms with E-state index in [0.717, 1.165) is 0 Å². The van der Waals surface area contributed by atoms with E-state index >= 15 is 0 Å². The molecule has 0 radical (unpaired) electrons. The average Bonchev–Trinajstić information content (AvgIpc) is 2.72. The number of aliphatic carboxylic acids is 2. The molecule has 0 bridgehead atoms. The van der Waals surface area contributed by atoms with Crippen molar-refractivity contribution >= 4 is 23.8 Å². The minimum atomic E-state index is -0.935. The molecule has 0 spiro atoms. The molecular formula is C22H32N2O8. The van der Waals surface area contributed by atoms with Crippen LogP contribution in [0.2, 0.25) is 0 Å². The predicted molar refractivity (Wildman–Crippen MR) is 120 cm³/mol. The number of rotatable bonds is 9. The van der Waals surface area contributed by atoms with Gasteiger partial charge >= 0.3 is 17.9 Å². The van der Waals surface area contributed by atoms with Crippen LogP contribution in [-0.4, -0.2) is 52.3 Å². The Labute approximate surface area is 188 Å². The summed E-state index contributed by atoms with van der Waals surface area (Å²) in [5.41, 5.74) is 5.80. The van der Waals surface area contributed by atoms with Gasteiger partial charge in [0.25, 0.3) is 0 Å². The van der Waals surface area contributed by atoms with E-state index in [1.54, 1.807) is 19.9 Å². The molecule has 178 valence electrons. The van der Waals surface area contributed by atoms with E-state index in [1.165, 1.54) is 19.1 Å². The zero-order chi connectivity index (χ0) is 26.3. The first-order valence-corrected chi connectivity index (χ1v) is 8.94. The Bertz CT molecular complexity index is 710. The maximum absolute atomic E-state index is 10.9. The number of nitriles is 1. The zero-order valence-corrected chi connectivity index (χ0v) is 18.7. The Morgan fingerprint density at radius 3 is 1.66 bits per heavy atom. The lowest BCUT2D eigenvalue weighted by molar-refractivity contribution is -0.140. The van der Waals surface area contributed by atoms with Crippen LogP contribution >= 0.6 is 0 Å². The number of allylic oxidation sites excluding steroid dienone is 2. The van der Waals surface area contributed by atoms with E-state index in [-0.39, 0.29) is 36.4 Å². The van der Waals surface area contributed by atoms with Crippen LogP contribution in [0.1, 0.15) is 33.6 Å². The van der Waals surface area contributed by atoms with Gasteiger partial charge in [0.05, 0.1) is 12.7 Å². The van der Waals surface area contributed by atoms with Gasteiger partial charge in [0, 0.05) is 28.4 Å². The van der Waals surface area contributed by atoms with Crippen molar-refractivity contribution in [3.8, 4) is 6.07 Å². The molecule has 5 N–H and O–H groups in total. The highest BCUT2D eigenvalue weighted by molar-refractivity contribution is 5.90. The summed E-state index contributed by atoms with van der Waals surface area (Å²) in [5.74, 6) is -2.82. The molecule has 0 heterocycles. The number of nitrogens with zero attached hydrogens (tertiary/aromatic N) is 1. The topological polar surface area (TPSA) is 188 Å². The second-order valence-corrected chi connectivity index (χ2v) is 5.69. The van der Waals surface area contributed by atoms with Crippen LogP contribution in [0.5, 0.6) is 0 Å². The molecule has 10 heteroatoms. The van der Waals surface area contributed by atoms with Crippen molar-refractivity contribution < 1.29 is 39.2 Å². The SMILES string of the molecule is C=C(C)C(=O)O.C=C(C)C(N)=O.C=C(CC)C(=O)O.C=C(CC=CC#N)C(=O)OCCO. The minimum absolute atomic E-state index is 0.0280. The lowest BCUT2D eigenvalue weighted by Gasteiger charge is -2.02. The molecule has 0 aromatic carbocycles. The quantitative estimate of drug-likeness (QED) is 0.231. The summed E-state index contributed by atoms with van der Waals surface area (Å²) in [6, 6.07) is 1.79. The van der Waals surface area contributed by atoms with Gasteiger partial charge in [0.2, 0.25) is 5.91 Å². The lowest BCUT2D eigenvalue weighted by Crippen LogP contribution is -2.10. The molecule has 0 atom stereocenters. The molecular weight excluding hydrogens is 420 g/mol. The van der Waals surface area contributed by atoms with Gasteiger partial charge in [0.15, 0.2) is 0 Å². The Hall–Kier alpha value is -3.97. The van der Waals surface area contributed by atoms with Gasteiger partial charge in [-0.3, -0.25) is 4.79 Å². The van der Waals surface area contributed by atoms with Crippen molar-refractivity contribution in [1.29, 1.82) is 5.26 Å². The first-order valence-electron chi connectivity index (χ1n) is 8.94. The molecule has 0 aliphatic heterocycles. The van der Waals surface area contributed by atoms with Gasteiger partial charge in [-0.15, -0.1) is 0 Å². The number of ether oxygens (including phenoxy) is 1. The van der Waals surface area contributed by atoms with Crippen LogP contribution in [0, 0.1) is 11.3 Å². The fraction of sp³-hybridized carbons (Fsp3) is 0.318. The minimum Gasteiger partial charge on any atom is -0.478 e. The number of carboxylic acid groups (broad SMARTS) is 2. The number of nitrogens with two attached hydrogens (primary N) is 1. The summed E-state index contributed by atoms with van der Waals surface area (Å²) in [6.45, 7) is 17.7. The van der Waals surface area contributed by atoms with E-state index in [1.807, 2.05) is 0 Å². The summed E-state index contributed by atoms with van der Waals surface area (Å²) >= 11 is 0. The fourth-order valence-corrected chi connectivity index (χ4v) is 0.729. The van der Waals surface area contributed by atoms with Gasteiger partial charge in [-0.25, -0.2) is 14.4 Å². The molecule has 0 aliphatic carbocycles. The van der Waals surface area contributed by atoms with Gasteiger partial charge in [-0.1, -0.05) is 39.3 Å². The zero-order valence-electron chi connectivity index (χ0n) is 18.7. The number of carboxylic acids is 2. The number of carbonyl (C=O) groups is 4. The molecule has 0 aliphatic rings. The van der Waals surface area contributed by atoms with Crippen LogP contribution in [0.3, 0.4) is 0 Å². The average molecular weight is 453 g/mol. The fourth-order valence-electron chi connectivity index (χ4n) is 0.729. The molecule has 32 heavy (non-hydrogen) atoms. The smallest absolute Gasteiger partial charge is 0.333 e. The maximum atomic E-state index is 10.9. The standard InChI is InChI=1S/C9H11NO3.C5H8O2.C4H7NO.C4H6O2/c1-8(4-2-3-5-10)9(12)13-7-6-11;1-3-4(2)5(6)7;2*1-3(2)4(5)6/h2-3,11H,1,4,6-7H2;2-3H2,1H3,(H,6,7);1H2,2H3,(H2,5,6);1H2,2H3,(H,5,6). The van der Waals surface area contributed by atoms with E-state index < -0.39 is 23.8 Å². The molecule has 0 saturated carbocycles. The van der Waals surface area contributed by atoms with Gasteiger partial charge in [0.1, 0.15) is 6.61 Å². The molecule has 0 aromatic rings. The number of primary amides is 1. The summed E-state index contributed by atoms with van der Waals surface area (Å²) < 4.78 is 4.58. The third-order valence-corrected chi connectivity index (χ3v) is 2.68.